The first-order chi connectivity index (χ1) is 10.2. The SMILES string of the molecule is CN(C)Cc1ccccc1Sc1[c]cc(CCCF)cc1. The fourth-order valence-electron chi connectivity index (χ4n) is 2.13. The molecule has 0 aliphatic carbocycles. The van der Waals surface area contributed by atoms with E-state index in [1.807, 2.05) is 6.07 Å². The second-order valence-corrected chi connectivity index (χ2v) is 6.39. The number of aryl methyl sites for hydroxylation is 1. The van der Waals surface area contributed by atoms with E-state index in [9.17, 15) is 4.39 Å². The quantitative estimate of drug-likeness (QED) is 0.735. The summed E-state index contributed by atoms with van der Waals surface area (Å²) < 4.78 is 12.2. The molecule has 0 unspecified atom stereocenters. The van der Waals surface area contributed by atoms with E-state index in [2.05, 4.69) is 61.5 Å². The number of nitrogens with zero attached hydrogens (tertiary/aromatic N) is 1. The molecule has 0 amide bonds. The Morgan fingerprint density at radius 3 is 2.62 bits per heavy atom. The van der Waals surface area contributed by atoms with E-state index >= 15 is 0 Å². The largest absolute Gasteiger partial charge is 0.305 e. The second-order valence-electron chi connectivity index (χ2n) is 5.30. The van der Waals surface area contributed by atoms with Crippen LogP contribution in [0.15, 0.2) is 52.3 Å². The first-order valence-corrected chi connectivity index (χ1v) is 7.98. The Balaban J connectivity index is 2.07. The van der Waals surface area contributed by atoms with E-state index in [0.29, 0.717) is 6.42 Å². The first kappa shape index (κ1) is 16.1. The number of alkyl halides is 1. The molecule has 0 aromatic heterocycles. The minimum absolute atomic E-state index is 0.256. The molecule has 0 saturated carbocycles. The van der Waals surface area contributed by atoms with Crippen LogP contribution in [0.2, 0.25) is 0 Å². The van der Waals surface area contributed by atoms with Crippen molar-refractivity contribution in [1.82, 2.24) is 4.90 Å². The van der Waals surface area contributed by atoms with Crippen LogP contribution in [0.1, 0.15) is 17.5 Å². The van der Waals surface area contributed by atoms with Crippen molar-refractivity contribution in [3.05, 3.63) is 59.7 Å². The maximum Gasteiger partial charge on any atom is 0.0897 e. The number of benzene rings is 2. The van der Waals surface area contributed by atoms with Crippen molar-refractivity contribution in [1.29, 1.82) is 0 Å². The van der Waals surface area contributed by atoms with Gasteiger partial charge in [0.2, 0.25) is 0 Å². The van der Waals surface area contributed by atoms with Crippen LogP contribution in [0.25, 0.3) is 0 Å². The zero-order chi connectivity index (χ0) is 15.1. The maximum atomic E-state index is 12.2. The lowest BCUT2D eigenvalue weighted by Gasteiger charge is -2.13. The lowest BCUT2D eigenvalue weighted by Crippen LogP contribution is -2.11. The van der Waals surface area contributed by atoms with Crippen molar-refractivity contribution < 1.29 is 4.39 Å². The average Bonchev–Trinajstić information content (AvgIpc) is 2.48. The van der Waals surface area contributed by atoms with Crippen molar-refractivity contribution in [3.63, 3.8) is 0 Å². The van der Waals surface area contributed by atoms with Gasteiger partial charge in [-0.3, -0.25) is 4.39 Å². The van der Waals surface area contributed by atoms with Crippen molar-refractivity contribution in [2.24, 2.45) is 0 Å². The third-order valence-corrected chi connectivity index (χ3v) is 4.22. The van der Waals surface area contributed by atoms with E-state index in [4.69, 9.17) is 0 Å². The zero-order valence-corrected chi connectivity index (χ0v) is 13.4. The van der Waals surface area contributed by atoms with Crippen LogP contribution in [0.4, 0.5) is 4.39 Å². The molecule has 0 aliphatic rings. The van der Waals surface area contributed by atoms with Crippen molar-refractivity contribution in [3.8, 4) is 0 Å². The molecule has 0 heterocycles. The summed E-state index contributed by atoms with van der Waals surface area (Å²) in [6.45, 7) is 0.673. The summed E-state index contributed by atoms with van der Waals surface area (Å²) in [6, 6.07) is 17.9. The monoisotopic (exact) mass is 302 g/mol. The van der Waals surface area contributed by atoms with Crippen LogP contribution in [-0.4, -0.2) is 25.7 Å². The third-order valence-electron chi connectivity index (χ3n) is 3.13. The predicted molar refractivity (Wildman–Crippen MR) is 87.5 cm³/mol. The molecule has 0 fully saturated rings. The van der Waals surface area contributed by atoms with Gasteiger partial charge in [0.1, 0.15) is 0 Å². The summed E-state index contributed by atoms with van der Waals surface area (Å²) >= 11 is 1.73. The molecule has 111 valence electrons. The van der Waals surface area contributed by atoms with Gasteiger partial charge in [-0.05, 0) is 62.3 Å². The number of hydrogen-bond acceptors (Lipinski definition) is 2. The zero-order valence-electron chi connectivity index (χ0n) is 12.6. The molecule has 21 heavy (non-hydrogen) atoms. The molecule has 1 radical (unpaired) electrons. The molecule has 2 aromatic rings. The van der Waals surface area contributed by atoms with Gasteiger partial charge in [0.25, 0.3) is 0 Å². The lowest BCUT2D eigenvalue weighted by molar-refractivity contribution is 0.399. The van der Waals surface area contributed by atoms with Gasteiger partial charge in [-0.2, -0.15) is 0 Å². The van der Waals surface area contributed by atoms with E-state index in [1.54, 1.807) is 11.8 Å². The van der Waals surface area contributed by atoms with Gasteiger partial charge in [-0.25, -0.2) is 0 Å². The van der Waals surface area contributed by atoms with Gasteiger partial charge in [-0.15, -0.1) is 0 Å². The number of halogens is 1. The Kier molecular flexibility index (Phi) is 6.27. The lowest BCUT2D eigenvalue weighted by atomic mass is 10.1. The molecule has 0 atom stereocenters. The fraction of sp³-hybridized carbons (Fsp3) is 0.333. The Morgan fingerprint density at radius 1 is 1.14 bits per heavy atom. The molecule has 2 rings (SSSR count). The van der Waals surface area contributed by atoms with Crippen LogP contribution in [0.5, 0.6) is 0 Å². The Bertz CT molecular complexity index is 551. The highest BCUT2D eigenvalue weighted by Gasteiger charge is 2.05. The normalized spacial score (nSPS) is 11.0. The summed E-state index contributed by atoms with van der Waals surface area (Å²) in [7, 11) is 4.15. The average molecular weight is 302 g/mol. The Morgan fingerprint density at radius 2 is 1.95 bits per heavy atom. The van der Waals surface area contributed by atoms with Crippen LogP contribution in [0, 0.1) is 6.07 Å². The molecule has 3 heteroatoms. The molecule has 0 bridgehead atoms. The summed E-state index contributed by atoms with van der Waals surface area (Å²) in [5.41, 5.74) is 2.47. The molecular formula is C18H21FNS. The van der Waals surface area contributed by atoms with Crippen LogP contribution >= 0.6 is 11.8 Å². The van der Waals surface area contributed by atoms with Crippen molar-refractivity contribution in [2.75, 3.05) is 20.8 Å². The molecule has 0 spiro atoms. The maximum absolute atomic E-state index is 12.2. The van der Waals surface area contributed by atoms with Crippen LogP contribution in [0.3, 0.4) is 0 Å². The van der Waals surface area contributed by atoms with Crippen molar-refractivity contribution in [2.45, 2.75) is 29.2 Å². The minimum Gasteiger partial charge on any atom is -0.305 e. The van der Waals surface area contributed by atoms with E-state index in [0.717, 1.165) is 23.4 Å². The standard InChI is InChI=1S/C18H21FNS/c1-20(2)14-16-7-3-4-8-18(16)21-17-11-9-15(10-12-17)6-5-13-19/h3-4,7-11H,5-6,13-14H2,1-2H3. The van der Waals surface area contributed by atoms with E-state index in [1.165, 1.54) is 10.5 Å². The van der Waals surface area contributed by atoms with Gasteiger partial charge in [0, 0.05) is 16.3 Å². The molecule has 1 nitrogen and oxygen atoms in total. The van der Waals surface area contributed by atoms with Crippen LogP contribution < -0.4 is 0 Å². The third kappa shape index (κ3) is 5.18. The van der Waals surface area contributed by atoms with Gasteiger partial charge in [-0.1, -0.05) is 36.0 Å². The summed E-state index contributed by atoms with van der Waals surface area (Å²) in [6.07, 6.45) is 1.38. The van der Waals surface area contributed by atoms with Gasteiger partial charge >= 0.3 is 0 Å². The van der Waals surface area contributed by atoms with Gasteiger partial charge < -0.3 is 4.90 Å². The summed E-state index contributed by atoms with van der Waals surface area (Å²) in [5.74, 6) is 0. The smallest absolute Gasteiger partial charge is 0.0897 e. The molecule has 0 N–H and O–H groups in total. The highest BCUT2D eigenvalue weighted by atomic mass is 32.2. The Labute approximate surface area is 131 Å². The molecule has 0 aliphatic heterocycles. The highest BCUT2D eigenvalue weighted by molar-refractivity contribution is 7.99. The summed E-state index contributed by atoms with van der Waals surface area (Å²) in [4.78, 5) is 4.53. The minimum atomic E-state index is -0.256. The van der Waals surface area contributed by atoms with E-state index in [-0.39, 0.29) is 6.67 Å². The number of hydrogen-bond donors (Lipinski definition) is 0. The van der Waals surface area contributed by atoms with Gasteiger partial charge in [0.15, 0.2) is 0 Å². The topological polar surface area (TPSA) is 3.24 Å². The fourth-order valence-corrected chi connectivity index (χ4v) is 3.03. The first-order valence-electron chi connectivity index (χ1n) is 7.16. The van der Waals surface area contributed by atoms with Crippen molar-refractivity contribution >= 4 is 11.8 Å². The molecule has 2 aromatic carbocycles. The highest BCUT2D eigenvalue weighted by Crippen LogP contribution is 2.30. The Hall–Kier alpha value is -1.32. The molecular weight excluding hydrogens is 281 g/mol. The summed E-state index contributed by atoms with van der Waals surface area (Å²) in [5, 5.41) is 0. The number of rotatable bonds is 7. The van der Waals surface area contributed by atoms with E-state index < -0.39 is 0 Å². The molecule has 0 saturated heterocycles. The van der Waals surface area contributed by atoms with Gasteiger partial charge in [0.05, 0.1) is 6.67 Å². The second kappa shape index (κ2) is 8.20. The van der Waals surface area contributed by atoms with Crippen LogP contribution in [-0.2, 0) is 13.0 Å². The predicted octanol–water partition coefficient (Wildman–Crippen LogP) is 4.60.